The van der Waals surface area contributed by atoms with Gasteiger partial charge in [0.1, 0.15) is 17.8 Å². The first-order chi connectivity index (χ1) is 12.5. The molecule has 0 aliphatic carbocycles. The molecule has 1 aromatic rings. The molecule has 8 nitrogen and oxygen atoms in total. The number of hydrogen-bond donors (Lipinski definition) is 2. The maximum atomic E-state index is 12.2. The zero-order chi connectivity index (χ0) is 18.9. The van der Waals surface area contributed by atoms with Crippen LogP contribution in [0.25, 0.3) is 0 Å². The number of rotatable bonds is 7. The molecular formula is C18H29N5O3. The van der Waals surface area contributed by atoms with Gasteiger partial charge in [0.15, 0.2) is 0 Å². The molecule has 0 bridgehead atoms. The van der Waals surface area contributed by atoms with Crippen LogP contribution in [0.1, 0.15) is 50.5 Å². The predicted molar refractivity (Wildman–Crippen MR) is 99.1 cm³/mol. The van der Waals surface area contributed by atoms with Gasteiger partial charge in [-0.05, 0) is 32.1 Å². The molecule has 0 unspecified atom stereocenters. The van der Waals surface area contributed by atoms with Gasteiger partial charge in [-0.15, -0.1) is 0 Å². The molecule has 2 heterocycles. The second-order valence-electron chi connectivity index (χ2n) is 6.83. The van der Waals surface area contributed by atoms with Crippen molar-refractivity contribution in [2.24, 2.45) is 5.92 Å². The number of anilines is 1. The van der Waals surface area contributed by atoms with E-state index in [0.29, 0.717) is 43.7 Å². The number of ether oxygens (including phenoxy) is 1. The van der Waals surface area contributed by atoms with E-state index < -0.39 is 0 Å². The van der Waals surface area contributed by atoms with E-state index in [-0.39, 0.29) is 18.0 Å². The Balaban J connectivity index is 1.83. The Morgan fingerprint density at radius 1 is 1.31 bits per heavy atom. The zero-order valence-corrected chi connectivity index (χ0v) is 15.8. The number of aromatic nitrogens is 2. The van der Waals surface area contributed by atoms with Crippen LogP contribution in [-0.4, -0.2) is 59.2 Å². The molecule has 1 aromatic heterocycles. The van der Waals surface area contributed by atoms with Crippen LogP contribution in [0.5, 0.6) is 0 Å². The molecule has 2 rings (SSSR count). The summed E-state index contributed by atoms with van der Waals surface area (Å²) in [6.45, 7) is 8.35. The molecule has 0 atom stereocenters. The van der Waals surface area contributed by atoms with E-state index in [1.807, 2.05) is 0 Å². The van der Waals surface area contributed by atoms with Gasteiger partial charge in [0.05, 0.1) is 6.61 Å². The normalized spacial score (nSPS) is 15.0. The third kappa shape index (κ3) is 6.16. The van der Waals surface area contributed by atoms with E-state index in [1.165, 1.54) is 6.33 Å². The van der Waals surface area contributed by atoms with Crippen LogP contribution >= 0.6 is 0 Å². The Labute approximate surface area is 154 Å². The van der Waals surface area contributed by atoms with Gasteiger partial charge in [-0.3, -0.25) is 4.79 Å². The van der Waals surface area contributed by atoms with Crippen LogP contribution in [0.15, 0.2) is 12.4 Å². The summed E-state index contributed by atoms with van der Waals surface area (Å²) in [5.74, 6) is 0.982. The van der Waals surface area contributed by atoms with Crippen molar-refractivity contribution in [1.29, 1.82) is 0 Å². The van der Waals surface area contributed by atoms with E-state index >= 15 is 0 Å². The third-order valence-corrected chi connectivity index (χ3v) is 4.28. The summed E-state index contributed by atoms with van der Waals surface area (Å²) in [7, 11) is 0. The Morgan fingerprint density at radius 3 is 2.69 bits per heavy atom. The molecule has 2 amide bonds. The molecule has 0 radical (unpaired) electrons. The Kier molecular flexibility index (Phi) is 7.62. The van der Waals surface area contributed by atoms with Crippen molar-refractivity contribution >= 4 is 17.8 Å². The van der Waals surface area contributed by atoms with Gasteiger partial charge in [-0.1, -0.05) is 13.8 Å². The molecule has 8 heteroatoms. The second kappa shape index (κ2) is 9.94. The lowest BCUT2D eigenvalue weighted by Gasteiger charge is -2.31. The van der Waals surface area contributed by atoms with E-state index in [0.717, 1.165) is 19.3 Å². The molecular weight excluding hydrogens is 334 g/mol. The molecule has 0 saturated carbocycles. The molecule has 1 aliphatic rings. The molecule has 2 N–H and O–H groups in total. The average molecular weight is 363 g/mol. The maximum absolute atomic E-state index is 12.2. The van der Waals surface area contributed by atoms with Crippen molar-refractivity contribution in [3.05, 3.63) is 18.1 Å². The summed E-state index contributed by atoms with van der Waals surface area (Å²) in [5, 5.41) is 6.21. The summed E-state index contributed by atoms with van der Waals surface area (Å²) in [6, 6.07) is 1.87. The van der Waals surface area contributed by atoms with Crippen LogP contribution in [-0.2, 0) is 4.74 Å². The number of nitrogens with zero attached hydrogens (tertiary/aromatic N) is 3. The van der Waals surface area contributed by atoms with Crippen molar-refractivity contribution in [3.63, 3.8) is 0 Å². The highest BCUT2D eigenvalue weighted by Gasteiger charge is 2.23. The average Bonchev–Trinajstić information content (AvgIpc) is 2.62. The van der Waals surface area contributed by atoms with Crippen LogP contribution in [0.4, 0.5) is 10.6 Å². The van der Waals surface area contributed by atoms with Crippen LogP contribution in [0.3, 0.4) is 0 Å². The number of amides is 2. The zero-order valence-electron chi connectivity index (χ0n) is 15.8. The lowest BCUT2D eigenvalue weighted by atomic mass is 10.1. The minimum absolute atomic E-state index is 0.187. The van der Waals surface area contributed by atoms with Crippen molar-refractivity contribution in [3.8, 4) is 0 Å². The van der Waals surface area contributed by atoms with Crippen LogP contribution < -0.4 is 10.6 Å². The largest absolute Gasteiger partial charge is 0.450 e. The predicted octanol–water partition coefficient (Wildman–Crippen LogP) is 2.29. The quantitative estimate of drug-likeness (QED) is 0.771. The monoisotopic (exact) mass is 363 g/mol. The smallest absolute Gasteiger partial charge is 0.409 e. The van der Waals surface area contributed by atoms with E-state index in [2.05, 4.69) is 34.4 Å². The highest BCUT2D eigenvalue weighted by Crippen LogP contribution is 2.16. The highest BCUT2D eigenvalue weighted by atomic mass is 16.6. The van der Waals surface area contributed by atoms with E-state index in [4.69, 9.17) is 4.74 Å². The SMILES string of the molecule is CCOC(=O)N1CCC(Nc2cc(C(=O)NCCC(C)C)ncn2)CC1. The number of carbonyl (C=O) groups is 2. The molecule has 1 fully saturated rings. The first-order valence-corrected chi connectivity index (χ1v) is 9.28. The summed E-state index contributed by atoms with van der Waals surface area (Å²) in [5.41, 5.74) is 0.357. The Morgan fingerprint density at radius 2 is 2.04 bits per heavy atom. The number of carbonyl (C=O) groups excluding carboxylic acids is 2. The highest BCUT2D eigenvalue weighted by molar-refractivity contribution is 5.92. The van der Waals surface area contributed by atoms with Crippen molar-refractivity contribution < 1.29 is 14.3 Å². The molecule has 1 aliphatic heterocycles. The van der Waals surface area contributed by atoms with Gasteiger partial charge in [-0.25, -0.2) is 14.8 Å². The minimum Gasteiger partial charge on any atom is -0.450 e. The van der Waals surface area contributed by atoms with Crippen molar-refractivity contribution in [1.82, 2.24) is 20.2 Å². The van der Waals surface area contributed by atoms with E-state index in [9.17, 15) is 9.59 Å². The Bertz CT molecular complexity index is 600. The second-order valence-corrected chi connectivity index (χ2v) is 6.83. The molecule has 26 heavy (non-hydrogen) atoms. The summed E-state index contributed by atoms with van der Waals surface area (Å²) in [4.78, 5) is 33.9. The fraction of sp³-hybridized carbons (Fsp3) is 0.667. The van der Waals surface area contributed by atoms with Gasteiger partial charge in [0, 0.05) is 31.7 Å². The molecule has 1 saturated heterocycles. The van der Waals surface area contributed by atoms with Crippen LogP contribution in [0.2, 0.25) is 0 Å². The Hall–Kier alpha value is -2.38. The van der Waals surface area contributed by atoms with Gasteiger partial charge < -0.3 is 20.3 Å². The fourth-order valence-corrected chi connectivity index (χ4v) is 2.76. The molecule has 0 aromatic carbocycles. The summed E-state index contributed by atoms with van der Waals surface area (Å²) < 4.78 is 5.03. The van der Waals surface area contributed by atoms with Crippen molar-refractivity contribution in [2.45, 2.75) is 46.1 Å². The first kappa shape index (κ1) is 19.9. The topological polar surface area (TPSA) is 96.5 Å². The number of piperidine rings is 1. The minimum atomic E-state index is -0.256. The lowest BCUT2D eigenvalue weighted by Crippen LogP contribution is -2.42. The van der Waals surface area contributed by atoms with Gasteiger partial charge in [-0.2, -0.15) is 0 Å². The summed E-state index contributed by atoms with van der Waals surface area (Å²) >= 11 is 0. The lowest BCUT2D eigenvalue weighted by molar-refractivity contribution is 0.0944. The summed E-state index contributed by atoms with van der Waals surface area (Å²) in [6.07, 6.45) is 3.68. The van der Waals surface area contributed by atoms with Gasteiger partial charge in [0.2, 0.25) is 0 Å². The standard InChI is InChI=1S/C18H29N5O3/c1-4-26-18(25)23-9-6-14(7-10-23)22-16-11-15(20-12-21-16)17(24)19-8-5-13(2)3/h11-14H,4-10H2,1-3H3,(H,19,24)(H,20,21,22). The maximum Gasteiger partial charge on any atom is 0.409 e. The third-order valence-electron chi connectivity index (χ3n) is 4.28. The molecule has 0 spiro atoms. The van der Waals surface area contributed by atoms with Crippen LogP contribution in [0, 0.1) is 5.92 Å². The first-order valence-electron chi connectivity index (χ1n) is 9.28. The number of hydrogen-bond acceptors (Lipinski definition) is 6. The van der Waals surface area contributed by atoms with E-state index in [1.54, 1.807) is 17.9 Å². The molecule has 144 valence electrons. The van der Waals surface area contributed by atoms with Gasteiger partial charge >= 0.3 is 6.09 Å². The number of likely N-dealkylation sites (tertiary alicyclic amines) is 1. The fourth-order valence-electron chi connectivity index (χ4n) is 2.76. The van der Waals surface area contributed by atoms with Gasteiger partial charge in [0.25, 0.3) is 5.91 Å². The number of nitrogens with one attached hydrogen (secondary N) is 2. The van der Waals surface area contributed by atoms with Crippen molar-refractivity contribution in [2.75, 3.05) is 31.6 Å².